The van der Waals surface area contributed by atoms with Crippen molar-refractivity contribution in [3.63, 3.8) is 0 Å². The molecule has 0 saturated carbocycles. The monoisotopic (exact) mass is 260 g/mol. The molecule has 0 spiro atoms. The number of pyridine rings is 1. The van der Waals surface area contributed by atoms with E-state index in [9.17, 15) is 8.78 Å². The number of aromatic nitrogens is 1. The van der Waals surface area contributed by atoms with Crippen molar-refractivity contribution >= 4 is 5.82 Å². The highest BCUT2D eigenvalue weighted by atomic mass is 19.1. The van der Waals surface area contributed by atoms with E-state index in [1.807, 2.05) is 13.8 Å². The van der Waals surface area contributed by atoms with Crippen LogP contribution in [0.25, 0.3) is 0 Å². The normalized spacial score (nSPS) is 11.4. The lowest BCUT2D eigenvalue weighted by atomic mass is 10.1. The van der Waals surface area contributed by atoms with E-state index >= 15 is 0 Å². The fourth-order valence-corrected chi connectivity index (χ4v) is 1.22. The fourth-order valence-electron chi connectivity index (χ4n) is 1.22. The molecule has 0 saturated heterocycles. The zero-order valence-corrected chi connectivity index (χ0v) is 11.0. The Bertz CT molecular complexity index is 411. The largest absolute Gasteiger partial charge is 0.475 e. The summed E-state index contributed by atoms with van der Waals surface area (Å²) < 4.78 is 36.9. The van der Waals surface area contributed by atoms with Crippen molar-refractivity contribution in [2.45, 2.75) is 25.9 Å². The molecule has 0 unspecified atom stereocenters. The maximum absolute atomic E-state index is 13.4. The number of hydrogen-bond donors (Lipinski definition) is 1. The number of anilines is 1. The van der Waals surface area contributed by atoms with E-state index < -0.39 is 11.6 Å². The molecule has 0 amide bonds. The van der Waals surface area contributed by atoms with Crippen LogP contribution in [0.4, 0.5) is 14.6 Å². The Morgan fingerprint density at radius 2 is 2.00 bits per heavy atom. The first-order chi connectivity index (χ1) is 8.39. The van der Waals surface area contributed by atoms with Gasteiger partial charge in [0.25, 0.3) is 5.88 Å². The number of ether oxygens (including phenoxy) is 2. The predicted molar refractivity (Wildman–Crippen MR) is 64.9 cm³/mol. The van der Waals surface area contributed by atoms with Gasteiger partial charge in [-0.05, 0) is 13.8 Å². The predicted octanol–water partition coefficient (Wildman–Crippen LogP) is 2.60. The lowest BCUT2D eigenvalue weighted by Gasteiger charge is -2.22. The summed E-state index contributed by atoms with van der Waals surface area (Å²) in [6.07, 6.45) is 0.566. The third kappa shape index (κ3) is 3.80. The van der Waals surface area contributed by atoms with Crippen LogP contribution >= 0.6 is 0 Å². The molecule has 0 aliphatic heterocycles. The van der Waals surface area contributed by atoms with Gasteiger partial charge in [0.1, 0.15) is 0 Å². The highest BCUT2D eigenvalue weighted by Crippen LogP contribution is 2.21. The van der Waals surface area contributed by atoms with E-state index in [1.165, 1.54) is 7.05 Å². The van der Waals surface area contributed by atoms with Crippen LogP contribution in [-0.2, 0) is 4.74 Å². The van der Waals surface area contributed by atoms with Gasteiger partial charge < -0.3 is 14.8 Å². The zero-order chi connectivity index (χ0) is 13.8. The van der Waals surface area contributed by atoms with E-state index in [-0.39, 0.29) is 23.9 Å². The number of nitrogens with one attached hydrogen (secondary N) is 1. The average molecular weight is 260 g/mol. The lowest BCUT2D eigenvalue weighted by Crippen LogP contribution is -2.25. The molecular weight excluding hydrogens is 242 g/mol. The summed E-state index contributed by atoms with van der Waals surface area (Å²) in [5, 5.41) is 2.52. The number of methoxy groups -OCH3 is 1. The summed E-state index contributed by atoms with van der Waals surface area (Å²) in [4.78, 5) is 3.71. The summed E-state index contributed by atoms with van der Waals surface area (Å²) in [5.74, 6) is -1.83. The van der Waals surface area contributed by atoms with Gasteiger partial charge in [-0.25, -0.2) is 8.78 Å². The van der Waals surface area contributed by atoms with Gasteiger partial charge in [0.2, 0.25) is 0 Å². The van der Waals surface area contributed by atoms with Gasteiger partial charge in [0.05, 0.1) is 12.2 Å². The summed E-state index contributed by atoms with van der Waals surface area (Å²) in [5.41, 5.74) is -0.359. The summed E-state index contributed by atoms with van der Waals surface area (Å²) >= 11 is 0. The molecule has 0 aliphatic rings. The molecule has 102 valence electrons. The van der Waals surface area contributed by atoms with Crippen LogP contribution in [0.15, 0.2) is 6.07 Å². The Hall–Kier alpha value is -1.43. The van der Waals surface area contributed by atoms with Gasteiger partial charge in [-0.3, -0.25) is 0 Å². The molecule has 0 aliphatic carbocycles. The van der Waals surface area contributed by atoms with Gasteiger partial charge in [-0.2, -0.15) is 4.98 Å². The van der Waals surface area contributed by atoms with Crippen LogP contribution in [0.3, 0.4) is 0 Å². The lowest BCUT2D eigenvalue weighted by molar-refractivity contribution is 0.00472. The van der Waals surface area contributed by atoms with Crippen molar-refractivity contribution in [1.29, 1.82) is 0 Å². The zero-order valence-electron chi connectivity index (χ0n) is 11.0. The molecule has 1 rings (SSSR count). The molecule has 1 aromatic heterocycles. The number of hydrogen-bond acceptors (Lipinski definition) is 4. The molecule has 0 radical (unpaired) electrons. The van der Waals surface area contributed by atoms with Crippen LogP contribution in [-0.4, -0.2) is 31.3 Å². The Morgan fingerprint density at radius 3 is 2.56 bits per heavy atom. The SMILES string of the molecule is CNc1nc(OCCC(C)(C)OC)c(F)cc1F. The summed E-state index contributed by atoms with van der Waals surface area (Å²) in [6, 6.07) is 0.746. The van der Waals surface area contributed by atoms with Crippen molar-refractivity contribution in [3.8, 4) is 5.88 Å². The van der Waals surface area contributed by atoms with Gasteiger partial charge in [-0.1, -0.05) is 0 Å². The molecule has 18 heavy (non-hydrogen) atoms. The summed E-state index contributed by atoms with van der Waals surface area (Å²) in [6.45, 7) is 4.02. The maximum Gasteiger partial charge on any atom is 0.252 e. The van der Waals surface area contributed by atoms with Gasteiger partial charge in [0.15, 0.2) is 17.5 Å². The summed E-state index contributed by atoms with van der Waals surface area (Å²) in [7, 11) is 3.09. The Labute approximate surface area is 105 Å². The third-order valence-corrected chi connectivity index (χ3v) is 2.63. The second-order valence-corrected chi connectivity index (χ2v) is 4.42. The molecule has 1 heterocycles. The molecule has 4 nitrogen and oxygen atoms in total. The fraction of sp³-hybridized carbons (Fsp3) is 0.583. The topological polar surface area (TPSA) is 43.4 Å². The second-order valence-electron chi connectivity index (χ2n) is 4.42. The molecule has 0 atom stereocenters. The van der Waals surface area contributed by atoms with E-state index in [2.05, 4.69) is 10.3 Å². The van der Waals surface area contributed by atoms with Crippen molar-refractivity contribution in [2.75, 3.05) is 26.1 Å². The van der Waals surface area contributed by atoms with Crippen molar-refractivity contribution in [1.82, 2.24) is 4.98 Å². The highest BCUT2D eigenvalue weighted by molar-refractivity contribution is 5.38. The maximum atomic E-state index is 13.4. The first-order valence-corrected chi connectivity index (χ1v) is 5.61. The number of halogens is 2. The smallest absolute Gasteiger partial charge is 0.252 e. The molecule has 1 N–H and O–H groups in total. The van der Waals surface area contributed by atoms with E-state index in [1.54, 1.807) is 7.11 Å². The molecule has 1 aromatic rings. The van der Waals surface area contributed by atoms with E-state index in [0.29, 0.717) is 6.42 Å². The molecule has 0 bridgehead atoms. The van der Waals surface area contributed by atoms with Gasteiger partial charge in [-0.15, -0.1) is 0 Å². The number of nitrogens with zero attached hydrogens (tertiary/aromatic N) is 1. The second kappa shape index (κ2) is 5.95. The van der Waals surface area contributed by atoms with Crippen molar-refractivity contribution < 1.29 is 18.3 Å². The van der Waals surface area contributed by atoms with Crippen LogP contribution < -0.4 is 10.1 Å². The Balaban J connectivity index is 2.68. The average Bonchev–Trinajstić information content (AvgIpc) is 2.32. The minimum absolute atomic E-state index is 0.0441. The Morgan fingerprint density at radius 1 is 1.33 bits per heavy atom. The van der Waals surface area contributed by atoms with E-state index in [0.717, 1.165) is 6.07 Å². The quantitative estimate of drug-likeness (QED) is 0.853. The molecule has 0 fully saturated rings. The van der Waals surface area contributed by atoms with Crippen LogP contribution in [0, 0.1) is 11.6 Å². The van der Waals surface area contributed by atoms with Gasteiger partial charge in [0, 0.05) is 26.6 Å². The van der Waals surface area contributed by atoms with Crippen LogP contribution in [0.1, 0.15) is 20.3 Å². The molecule has 0 aromatic carbocycles. The van der Waals surface area contributed by atoms with Gasteiger partial charge >= 0.3 is 0 Å². The van der Waals surface area contributed by atoms with Crippen molar-refractivity contribution in [2.24, 2.45) is 0 Å². The van der Waals surface area contributed by atoms with Crippen LogP contribution in [0.5, 0.6) is 5.88 Å². The first-order valence-electron chi connectivity index (χ1n) is 5.61. The minimum atomic E-state index is -0.818. The number of rotatable bonds is 6. The van der Waals surface area contributed by atoms with E-state index in [4.69, 9.17) is 9.47 Å². The molecular formula is C12H18F2N2O2. The minimum Gasteiger partial charge on any atom is -0.475 e. The molecule has 6 heteroatoms. The Kier molecular flexibility index (Phi) is 4.84. The van der Waals surface area contributed by atoms with Crippen LogP contribution in [0.2, 0.25) is 0 Å². The highest BCUT2D eigenvalue weighted by Gasteiger charge is 2.18. The van der Waals surface area contributed by atoms with Crippen molar-refractivity contribution in [3.05, 3.63) is 17.7 Å². The standard InChI is InChI=1S/C12H18F2N2O2/c1-12(2,17-4)5-6-18-11-9(14)7-8(13)10(15-3)16-11/h7H,5-6H2,1-4H3,(H,15,16). The third-order valence-electron chi connectivity index (χ3n) is 2.63. The first kappa shape index (κ1) is 14.6.